The quantitative estimate of drug-likeness (QED) is 0.775. The molecule has 2 rings (SSSR count). The molecule has 2 unspecified atom stereocenters. The second kappa shape index (κ2) is 6.79. The maximum Gasteiger partial charge on any atom is 0.0363 e. The zero-order chi connectivity index (χ0) is 12.8. The van der Waals surface area contributed by atoms with Crippen LogP contribution < -0.4 is 10.2 Å². The van der Waals surface area contributed by atoms with E-state index < -0.39 is 0 Å². The lowest BCUT2D eigenvalue weighted by atomic mass is 10.1. The van der Waals surface area contributed by atoms with Crippen molar-refractivity contribution in [2.24, 2.45) is 5.92 Å². The van der Waals surface area contributed by atoms with Crippen LogP contribution in [0, 0.1) is 5.92 Å². The number of para-hydroxylation sites is 1. The minimum absolute atomic E-state index is 0.770. The van der Waals surface area contributed by atoms with E-state index in [9.17, 15) is 0 Å². The first kappa shape index (κ1) is 13.4. The van der Waals surface area contributed by atoms with Gasteiger partial charge >= 0.3 is 0 Å². The standard InChI is InChI=1S/C16H26N2/c1-14-8-6-11-16(14)17-12-7-13-18(2)15-9-4-3-5-10-15/h3-5,9-10,14,16-17H,6-8,11-13H2,1-2H3. The Morgan fingerprint density at radius 1 is 1.22 bits per heavy atom. The van der Waals surface area contributed by atoms with Gasteiger partial charge in [0.15, 0.2) is 0 Å². The maximum atomic E-state index is 3.71. The molecule has 1 aromatic rings. The Bertz CT molecular complexity index is 336. The Labute approximate surface area is 111 Å². The Kier molecular flexibility index (Phi) is 5.06. The average molecular weight is 246 g/mol. The maximum absolute atomic E-state index is 3.71. The van der Waals surface area contributed by atoms with E-state index >= 15 is 0 Å². The second-order valence-electron chi connectivity index (χ2n) is 5.58. The van der Waals surface area contributed by atoms with Gasteiger partial charge in [-0.15, -0.1) is 0 Å². The van der Waals surface area contributed by atoms with Crippen LogP contribution in [0.1, 0.15) is 32.6 Å². The van der Waals surface area contributed by atoms with Gasteiger partial charge in [-0.25, -0.2) is 0 Å². The van der Waals surface area contributed by atoms with Crippen molar-refractivity contribution in [1.29, 1.82) is 0 Å². The third kappa shape index (κ3) is 3.74. The number of benzene rings is 1. The van der Waals surface area contributed by atoms with Crippen molar-refractivity contribution in [3.63, 3.8) is 0 Å². The van der Waals surface area contributed by atoms with Gasteiger partial charge in [-0.1, -0.05) is 31.5 Å². The fourth-order valence-electron chi connectivity index (χ4n) is 2.86. The molecule has 0 aromatic heterocycles. The van der Waals surface area contributed by atoms with E-state index in [-0.39, 0.29) is 0 Å². The molecule has 1 aliphatic carbocycles. The first-order chi connectivity index (χ1) is 8.77. The van der Waals surface area contributed by atoms with Crippen LogP contribution in [-0.2, 0) is 0 Å². The zero-order valence-electron chi connectivity index (χ0n) is 11.7. The predicted molar refractivity (Wildman–Crippen MR) is 79.1 cm³/mol. The van der Waals surface area contributed by atoms with E-state index in [2.05, 4.69) is 54.5 Å². The highest BCUT2D eigenvalue weighted by Gasteiger charge is 2.21. The number of hydrogen-bond donors (Lipinski definition) is 1. The highest BCUT2D eigenvalue weighted by atomic mass is 15.1. The van der Waals surface area contributed by atoms with E-state index in [1.165, 1.54) is 31.4 Å². The van der Waals surface area contributed by atoms with Crippen LogP contribution in [0.5, 0.6) is 0 Å². The SMILES string of the molecule is CC1CCCC1NCCCN(C)c1ccccc1. The van der Waals surface area contributed by atoms with Crippen LogP contribution in [0.25, 0.3) is 0 Å². The second-order valence-corrected chi connectivity index (χ2v) is 5.58. The van der Waals surface area contributed by atoms with Crippen LogP contribution in [0.3, 0.4) is 0 Å². The molecule has 0 heterocycles. The topological polar surface area (TPSA) is 15.3 Å². The Balaban J connectivity index is 1.63. The van der Waals surface area contributed by atoms with E-state index in [1.54, 1.807) is 0 Å². The summed E-state index contributed by atoms with van der Waals surface area (Å²) in [7, 11) is 2.17. The number of nitrogens with zero attached hydrogens (tertiary/aromatic N) is 1. The fourth-order valence-corrected chi connectivity index (χ4v) is 2.86. The summed E-state index contributed by atoms with van der Waals surface area (Å²) in [5, 5.41) is 3.71. The molecule has 100 valence electrons. The molecule has 0 amide bonds. The summed E-state index contributed by atoms with van der Waals surface area (Å²) < 4.78 is 0. The van der Waals surface area contributed by atoms with Crippen LogP contribution in [0.2, 0.25) is 0 Å². The summed E-state index contributed by atoms with van der Waals surface area (Å²) in [6.45, 7) is 4.64. The molecule has 2 heteroatoms. The normalized spacial score (nSPS) is 23.2. The van der Waals surface area contributed by atoms with Crippen molar-refractivity contribution in [2.75, 3.05) is 25.0 Å². The Morgan fingerprint density at radius 3 is 2.67 bits per heavy atom. The number of anilines is 1. The third-order valence-electron chi connectivity index (χ3n) is 4.14. The van der Waals surface area contributed by atoms with Gasteiger partial charge in [-0.2, -0.15) is 0 Å². The van der Waals surface area contributed by atoms with E-state index in [0.29, 0.717) is 0 Å². The summed E-state index contributed by atoms with van der Waals surface area (Å²) in [6.07, 6.45) is 5.40. The molecular weight excluding hydrogens is 220 g/mol. The van der Waals surface area contributed by atoms with E-state index in [1.807, 2.05) is 0 Å². The average Bonchev–Trinajstić information content (AvgIpc) is 2.81. The molecule has 18 heavy (non-hydrogen) atoms. The molecular formula is C16H26N2. The largest absolute Gasteiger partial charge is 0.375 e. The summed E-state index contributed by atoms with van der Waals surface area (Å²) >= 11 is 0. The number of nitrogens with one attached hydrogen (secondary N) is 1. The van der Waals surface area contributed by atoms with Gasteiger partial charge < -0.3 is 10.2 Å². The van der Waals surface area contributed by atoms with Crippen molar-refractivity contribution in [1.82, 2.24) is 5.32 Å². The van der Waals surface area contributed by atoms with Gasteiger partial charge in [0.2, 0.25) is 0 Å². The summed E-state index contributed by atoms with van der Waals surface area (Å²) in [5.41, 5.74) is 1.31. The van der Waals surface area contributed by atoms with Gasteiger partial charge in [0, 0.05) is 25.3 Å². The molecule has 2 atom stereocenters. The van der Waals surface area contributed by atoms with Crippen LogP contribution in [-0.4, -0.2) is 26.2 Å². The molecule has 1 aromatic carbocycles. The Morgan fingerprint density at radius 2 is 2.00 bits per heavy atom. The summed E-state index contributed by atoms with van der Waals surface area (Å²) in [5.74, 6) is 0.872. The molecule has 0 bridgehead atoms. The van der Waals surface area contributed by atoms with Crippen LogP contribution in [0.15, 0.2) is 30.3 Å². The fraction of sp³-hybridized carbons (Fsp3) is 0.625. The van der Waals surface area contributed by atoms with Crippen molar-refractivity contribution >= 4 is 5.69 Å². The lowest BCUT2D eigenvalue weighted by Gasteiger charge is -2.21. The summed E-state index contributed by atoms with van der Waals surface area (Å²) in [4.78, 5) is 2.33. The molecule has 0 radical (unpaired) electrons. The predicted octanol–water partition coefficient (Wildman–Crippen LogP) is 3.29. The molecule has 0 aliphatic heterocycles. The number of hydrogen-bond acceptors (Lipinski definition) is 2. The van der Waals surface area contributed by atoms with E-state index in [0.717, 1.165) is 25.0 Å². The van der Waals surface area contributed by atoms with Crippen molar-refractivity contribution in [3.8, 4) is 0 Å². The van der Waals surface area contributed by atoms with E-state index in [4.69, 9.17) is 0 Å². The molecule has 2 nitrogen and oxygen atoms in total. The van der Waals surface area contributed by atoms with Crippen LogP contribution >= 0.6 is 0 Å². The van der Waals surface area contributed by atoms with Crippen LogP contribution in [0.4, 0.5) is 5.69 Å². The van der Waals surface area contributed by atoms with Gasteiger partial charge in [0.05, 0.1) is 0 Å². The molecule has 1 aliphatic rings. The van der Waals surface area contributed by atoms with Gasteiger partial charge in [0.25, 0.3) is 0 Å². The molecule has 0 saturated heterocycles. The third-order valence-corrected chi connectivity index (χ3v) is 4.14. The minimum Gasteiger partial charge on any atom is -0.375 e. The van der Waals surface area contributed by atoms with Crippen molar-refractivity contribution in [2.45, 2.75) is 38.6 Å². The monoisotopic (exact) mass is 246 g/mol. The number of rotatable bonds is 6. The summed E-state index contributed by atoms with van der Waals surface area (Å²) in [6, 6.07) is 11.4. The van der Waals surface area contributed by atoms with Gasteiger partial charge in [-0.05, 0) is 43.9 Å². The van der Waals surface area contributed by atoms with Crippen molar-refractivity contribution in [3.05, 3.63) is 30.3 Å². The highest BCUT2D eigenvalue weighted by Crippen LogP contribution is 2.24. The van der Waals surface area contributed by atoms with Gasteiger partial charge in [-0.3, -0.25) is 0 Å². The smallest absolute Gasteiger partial charge is 0.0363 e. The lowest BCUT2D eigenvalue weighted by molar-refractivity contribution is 0.425. The zero-order valence-corrected chi connectivity index (χ0v) is 11.7. The van der Waals surface area contributed by atoms with Gasteiger partial charge in [0.1, 0.15) is 0 Å². The minimum atomic E-state index is 0.770. The Hall–Kier alpha value is -1.02. The molecule has 0 spiro atoms. The lowest BCUT2D eigenvalue weighted by Crippen LogP contribution is -2.33. The first-order valence-electron chi connectivity index (χ1n) is 7.27. The highest BCUT2D eigenvalue weighted by molar-refractivity contribution is 5.44. The van der Waals surface area contributed by atoms with Crippen molar-refractivity contribution < 1.29 is 0 Å². The molecule has 1 fully saturated rings. The molecule has 1 N–H and O–H groups in total. The first-order valence-corrected chi connectivity index (χ1v) is 7.27. The molecule has 1 saturated carbocycles.